The van der Waals surface area contributed by atoms with Gasteiger partial charge in [0.2, 0.25) is 0 Å². The number of aromatic nitrogens is 2. The molecule has 0 saturated heterocycles. The second-order valence-electron chi connectivity index (χ2n) is 2.92. The maximum absolute atomic E-state index is 4.31. The van der Waals surface area contributed by atoms with E-state index in [1.165, 1.54) is 5.56 Å². The van der Waals surface area contributed by atoms with Crippen molar-refractivity contribution in [1.82, 2.24) is 9.97 Å². The van der Waals surface area contributed by atoms with Crippen LogP contribution in [0, 0.1) is 0 Å². The molecule has 0 fully saturated rings. The minimum atomic E-state index is 0.855. The van der Waals surface area contributed by atoms with E-state index in [1.807, 2.05) is 24.4 Å². The largest absolute Gasteiger partial charge is 0.265 e. The first-order chi connectivity index (χ1) is 6.90. The molecule has 0 unspecified atom stereocenters. The Labute approximate surface area is 91.2 Å². The number of alkyl halides is 1. The van der Waals surface area contributed by atoms with Crippen LogP contribution < -0.4 is 0 Å². The van der Waals surface area contributed by atoms with Gasteiger partial charge >= 0.3 is 0 Å². The second-order valence-corrected chi connectivity index (χ2v) is 3.48. The van der Waals surface area contributed by atoms with Crippen molar-refractivity contribution in [2.45, 2.75) is 5.33 Å². The van der Waals surface area contributed by atoms with Crippen LogP contribution in [0.5, 0.6) is 0 Å². The van der Waals surface area contributed by atoms with Gasteiger partial charge in [0.15, 0.2) is 0 Å². The Kier molecular flexibility index (Phi) is 2.89. The fourth-order valence-corrected chi connectivity index (χ4v) is 1.59. The van der Waals surface area contributed by atoms with E-state index in [0.717, 1.165) is 16.6 Å². The van der Waals surface area contributed by atoms with Gasteiger partial charge in [-0.1, -0.05) is 15.9 Å². The number of nitrogens with zero attached hydrogens (tertiary/aromatic N) is 2. The Morgan fingerprint density at radius 2 is 1.86 bits per heavy atom. The normalized spacial score (nSPS) is 10.1. The lowest BCUT2D eigenvalue weighted by atomic mass is 10.1. The van der Waals surface area contributed by atoms with Crippen LogP contribution in [0.15, 0.2) is 42.9 Å². The molecule has 2 rings (SSSR count). The zero-order chi connectivity index (χ0) is 9.80. The fourth-order valence-electron chi connectivity index (χ4n) is 1.24. The van der Waals surface area contributed by atoms with Gasteiger partial charge < -0.3 is 0 Å². The molecule has 3 heteroatoms. The molecular weight excluding hydrogens is 240 g/mol. The van der Waals surface area contributed by atoms with Gasteiger partial charge in [0.05, 0.1) is 5.69 Å². The average molecular weight is 249 g/mol. The Bertz CT molecular complexity index is 415. The maximum Gasteiger partial charge on any atom is 0.0706 e. The number of pyridine rings is 2. The van der Waals surface area contributed by atoms with Crippen molar-refractivity contribution in [1.29, 1.82) is 0 Å². The number of rotatable bonds is 2. The molecule has 2 heterocycles. The highest BCUT2D eigenvalue weighted by Crippen LogP contribution is 2.17. The Hall–Kier alpha value is -1.22. The van der Waals surface area contributed by atoms with Crippen LogP contribution in [0.1, 0.15) is 5.56 Å². The molecule has 0 aromatic carbocycles. The molecule has 0 aliphatic carbocycles. The van der Waals surface area contributed by atoms with E-state index in [0.29, 0.717) is 0 Å². The van der Waals surface area contributed by atoms with Crippen LogP contribution in [0.2, 0.25) is 0 Å². The molecule has 2 aromatic rings. The predicted molar refractivity (Wildman–Crippen MR) is 60.1 cm³/mol. The van der Waals surface area contributed by atoms with Crippen molar-refractivity contribution in [2.75, 3.05) is 0 Å². The zero-order valence-corrected chi connectivity index (χ0v) is 9.11. The summed E-state index contributed by atoms with van der Waals surface area (Å²) in [7, 11) is 0. The van der Waals surface area contributed by atoms with Gasteiger partial charge in [0.1, 0.15) is 0 Å². The van der Waals surface area contributed by atoms with E-state index in [-0.39, 0.29) is 0 Å². The second kappa shape index (κ2) is 4.33. The lowest BCUT2D eigenvalue weighted by Crippen LogP contribution is -1.85. The highest BCUT2D eigenvalue weighted by atomic mass is 79.9. The van der Waals surface area contributed by atoms with Crippen molar-refractivity contribution >= 4 is 15.9 Å². The van der Waals surface area contributed by atoms with Crippen LogP contribution in [0.3, 0.4) is 0 Å². The molecule has 14 heavy (non-hydrogen) atoms. The quantitative estimate of drug-likeness (QED) is 0.764. The van der Waals surface area contributed by atoms with E-state index >= 15 is 0 Å². The molecule has 0 atom stereocenters. The van der Waals surface area contributed by atoms with Crippen LogP contribution in [-0.2, 0) is 5.33 Å². The van der Waals surface area contributed by atoms with Crippen molar-refractivity contribution in [2.24, 2.45) is 0 Å². The summed E-state index contributed by atoms with van der Waals surface area (Å²) >= 11 is 3.42. The van der Waals surface area contributed by atoms with Gasteiger partial charge in [-0.05, 0) is 29.8 Å². The predicted octanol–water partition coefficient (Wildman–Crippen LogP) is 3.04. The third kappa shape index (κ3) is 1.99. The van der Waals surface area contributed by atoms with E-state index in [2.05, 4.69) is 32.0 Å². The standard InChI is InChI=1S/C11H9BrN2/c12-8-9-1-6-14-11(7-9)10-2-4-13-5-3-10/h1-7H,8H2. The summed E-state index contributed by atoms with van der Waals surface area (Å²) in [5, 5.41) is 0.855. The zero-order valence-electron chi connectivity index (χ0n) is 7.52. The summed E-state index contributed by atoms with van der Waals surface area (Å²) in [6.07, 6.45) is 5.38. The summed E-state index contributed by atoms with van der Waals surface area (Å²) in [6, 6.07) is 7.99. The smallest absolute Gasteiger partial charge is 0.0706 e. The molecule has 0 amide bonds. The molecule has 0 aliphatic heterocycles. The molecule has 0 spiro atoms. The third-order valence-corrected chi connectivity index (χ3v) is 2.60. The monoisotopic (exact) mass is 248 g/mol. The maximum atomic E-state index is 4.31. The first kappa shape index (κ1) is 9.34. The van der Waals surface area contributed by atoms with E-state index in [1.54, 1.807) is 12.4 Å². The highest BCUT2D eigenvalue weighted by Gasteiger charge is 1.98. The number of hydrogen-bond donors (Lipinski definition) is 0. The SMILES string of the molecule is BrCc1ccnc(-c2ccncc2)c1. The van der Waals surface area contributed by atoms with Crippen molar-refractivity contribution in [3.63, 3.8) is 0 Å². The van der Waals surface area contributed by atoms with Gasteiger partial charge in [-0.15, -0.1) is 0 Å². The fraction of sp³-hybridized carbons (Fsp3) is 0.0909. The van der Waals surface area contributed by atoms with Gasteiger partial charge in [-0.25, -0.2) is 0 Å². The summed E-state index contributed by atoms with van der Waals surface area (Å²) in [4.78, 5) is 8.29. The molecule has 0 bridgehead atoms. The van der Waals surface area contributed by atoms with Crippen LogP contribution >= 0.6 is 15.9 Å². The molecule has 0 aliphatic rings. The number of hydrogen-bond acceptors (Lipinski definition) is 2. The van der Waals surface area contributed by atoms with Crippen LogP contribution in [0.25, 0.3) is 11.3 Å². The third-order valence-electron chi connectivity index (χ3n) is 1.95. The topological polar surface area (TPSA) is 25.8 Å². The Morgan fingerprint density at radius 3 is 2.57 bits per heavy atom. The number of halogens is 1. The summed E-state index contributed by atoms with van der Waals surface area (Å²) < 4.78 is 0. The van der Waals surface area contributed by atoms with Crippen LogP contribution in [-0.4, -0.2) is 9.97 Å². The summed E-state index contributed by atoms with van der Waals surface area (Å²) in [5.41, 5.74) is 3.32. The minimum absolute atomic E-state index is 0.855. The van der Waals surface area contributed by atoms with Gasteiger partial charge in [-0.2, -0.15) is 0 Å². The molecule has 2 aromatic heterocycles. The van der Waals surface area contributed by atoms with Crippen molar-refractivity contribution < 1.29 is 0 Å². The lowest BCUT2D eigenvalue weighted by molar-refractivity contribution is 1.26. The molecule has 0 radical (unpaired) electrons. The first-order valence-corrected chi connectivity index (χ1v) is 5.43. The first-order valence-electron chi connectivity index (χ1n) is 4.31. The summed E-state index contributed by atoms with van der Waals surface area (Å²) in [5.74, 6) is 0. The highest BCUT2D eigenvalue weighted by molar-refractivity contribution is 9.08. The molecule has 2 nitrogen and oxygen atoms in total. The van der Waals surface area contributed by atoms with Gasteiger partial charge in [-0.3, -0.25) is 9.97 Å². The Balaban J connectivity index is 2.42. The van der Waals surface area contributed by atoms with E-state index in [9.17, 15) is 0 Å². The minimum Gasteiger partial charge on any atom is -0.265 e. The Morgan fingerprint density at radius 1 is 1.07 bits per heavy atom. The van der Waals surface area contributed by atoms with Crippen LogP contribution in [0.4, 0.5) is 0 Å². The molecule has 70 valence electrons. The van der Waals surface area contributed by atoms with E-state index < -0.39 is 0 Å². The van der Waals surface area contributed by atoms with Gasteiger partial charge in [0.25, 0.3) is 0 Å². The lowest BCUT2D eigenvalue weighted by Gasteiger charge is -2.01. The molecule has 0 N–H and O–H groups in total. The average Bonchev–Trinajstić information content (AvgIpc) is 2.30. The molecular formula is C11H9BrN2. The molecule has 0 saturated carbocycles. The summed E-state index contributed by atoms with van der Waals surface area (Å²) in [6.45, 7) is 0. The van der Waals surface area contributed by atoms with Crippen molar-refractivity contribution in [3.05, 3.63) is 48.4 Å². The van der Waals surface area contributed by atoms with Gasteiger partial charge in [0, 0.05) is 29.5 Å². The van der Waals surface area contributed by atoms with Crippen molar-refractivity contribution in [3.8, 4) is 11.3 Å². The van der Waals surface area contributed by atoms with E-state index in [4.69, 9.17) is 0 Å².